The molecule has 4 rings (SSSR count). The van der Waals surface area contributed by atoms with E-state index >= 15 is 0 Å². The molecule has 3 aromatic rings. The number of aromatic nitrogens is 2. The van der Waals surface area contributed by atoms with Crippen LogP contribution in [0.5, 0.6) is 17.5 Å². The monoisotopic (exact) mass is 506 g/mol. The largest absolute Gasteiger partial charge is 0.625 e. The van der Waals surface area contributed by atoms with Gasteiger partial charge in [0.2, 0.25) is 0 Å². The molecule has 0 saturated heterocycles. The van der Waals surface area contributed by atoms with Crippen molar-refractivity contribution in [2.45, 2.75) is 26.3 Å². The molecule has 1 unspecified atom stereocenters. The van der Waals surface area contributed by atoms with Gasteiger partial charge in [-0.3, -0.25) is 18.9 Å². The Morgan fingerprint density at radius 1 is 1.14 bits per heavy atom. The van der Waals surface area contributed by atoms with Crippen LogP contribution in [0.1, 0.15) is 29.4 Å². The highest BCUT2D eigenvalue weighted by atomic mass is 19.4. The summed E-state index contributed by atoms with van der Waals surface area (Å²) in [6, 6.07) is 13.9. The van der Waals surface area contributed by atoms with Gasteiger partial charge in [-0.25, -0.2) is 0 Å². The molecule has 0 fully saturated rings. The number of hydrogen-bond acceptors (Lipinski definition) is 6. The molecule has 12 heteroatoms. The fraction of sp³-hybridized carbons (Fsp3) is 0.333. The van der Waals surface area contributed by atoms with E-state index in [-0.39, 0.29) is 56.2 Å². The van der Waals surface area contributed by atoms with Crippen molar-refractivity contribution in [1.29, 1.82) is 0 Å². The standard InChI is InChI=1S/C24H25F3N4O5/c1-2-31(34)16-29(12-7-13-32)22(33)20-21(31)28-23(30(20)15-17-8-4-3-5-9-17)35-18-10-6-11-19(14-18)36-24(25,26)27/h3-6,8-11,14,32H,2,7,12-13,15-16H2,1H3. The van der Waals surface area contributed by atoms with E-state index in [1.54, 1.807) is 6.92 Å². The number of alkyl halides is 3. The first-order chi connectivity index (χ1) is 17.1. The molecule has 2 heterocycles. The van der Waals surface area contributed by atoms with E-state index in [0.29, 0.717) is 6.42 Å². The summed E-state index contributed by atoms with van der Waals surface area (Å²) in [5.74, 6) is -0.974. The number of quaternary nitrogens is 1. The van der Waals surface area contributed by atoms with E-state index in [9.17, 15) is 28.3 Å². The van der Waals surface area contributed by atoms with E-state index in [0.717, 1.165) is 17.7 Å². The second-order valence-corrected chi connectivity index (χ2v) is 8.26. The van der Waals surface area contributed by atoms with Crippen LogP contribution in [0.15, 0.2) is 54.6 Å². The summed E-state index contributed by atoms with van der Waals surface area (Å²) in [6.45, 7) is 1.73. The summed E-state index contributed by atoms with van der Waals surface area (Å²) >= 11 is 0. The van der Waals surface area contributed by atoms with Crippen LogP contribution < -0.4 is 14.1 Å². The lowest BCUT2D eigenvalue weighted by molar-refractivity contribution is -0.274. The number of carbonyl (C=O) groups is 1. The summed E-state index contributed by atoms with van der Waals surface area (Å²) in [5, 5.41) is 23.0. The van der Waals surface area contributed by atoms with Crippen LogP contribution in [0.2, 0.25) is 0 Å². The van der Waals surface area contributed by atoms with Crippen LogP contribution in [-0.4, -0.2) is 58.2 Å². The van der Waals surface area contributed by atoms with Gasteiger partial charge in [0.1, 0.15) is 11.5 Å². The average molecular weight is 506 g/mol. The number of nitrogens with zero attached hydrogens (tertiary/aromatic N) is 4. The number of rotatable bonds is 9. The highest BCUT2D eigenvalue weighted by molar-refractivity contribution is 5.99. The van der Waals surface area contributed by atoms with Gasteiger partial charge in [0.15, 0.2) is 12.4 Å². The van der Waals surface area contributed by atoms with Crippen molar-refractivity contribution >= 4 is 11.7 Å². The van der Waals surface area contributed by atoms with E-state index in [1.807, 2.05) is 30.3 Å². The highest BCUT2D eigenvalue weighted by Crippen LogP contribution is 2.38. The number of halogens is 3. The minimum absolute atomic E-state index is 0.0153. The molecule has 1 atom stereocenters. The van der Waals surface area contributed by atoms with Gasteiger partial charge in [-0.15, -0.1) is 18.2 Å². The van der Waals surface area contributed by atoms with Crippen molar-refractivity contribution in [3.63, 3.8) is 0 Å². The van der Waals surface area contributed by atoms with Gasteiger partial charge >= 0.3 is 12.4 Å². The molecule has 0 saturated carbocycles. The normalized spacial score (nSPS) is 17.7. The second kappa shape index (κ2) is 10.2. The third-order valence-electron chi connectivity index (χ3n) is 5.72. The van der Waals surface area contributed by atoms with Crippen LogP contribution >= 0.6 is 0 Å². The van der Waals surface area contributed by atoms with Crippen LogP contribution in [0.4, 0.5) is 19.0 Å². The Labute approximate surface area is 205 Å². The molecule has 1 amide bonds. The number of aliphatic hydroxyl groups is 1. The van der Waals surface area contributed by atoms with Crippen molar-refractivity contribution in [2.75, 3.05) is 26.4 Å². The molecule has 0 radical (unpaired) electrons. The van der Waals surface area contributed by atoms with Crippen molar-refractivity contribution < 1.29 is 32.5 Å². The van der Waals surface area contributed by atoms with Gasteiger partial charge in [0.25, 0.3) is 11.7 Å². The number of aliphatic hydroxyl groups excluding tert-OH is 1. The molecule has 0 bridgehead atoms. The summed E-state index contributed by atoms with van der Waals surface area (Å²) in [4.78, 5) is 19.2. The summed E-state index contributed by atoms with van der Waals surface area (Å²) in [5.41, 5.74) is 0.829. The fourth-order valence-corrected chi connectivity index (χ4v) is 3.99. The Hall–Kier alpha value is -3.61. The zero-order valence-corrected chi connectivity index (χ0v) is 19.4. The molecule has 1 aliphatic rings. The first-order valence-corrected chi connectivity index (χ1v) is 11.3. The van der Waals surface area contributed by atoms with Crippen molar-refractivity contribution in [2.24, 2.45) is 0 Å². The van der Waals surface area contributed by atoms with E-state index in [4.69, 9.17) is 4.74 Å². The average Bonchev–Trinajstić information content (AvgIpc) is 3.19. The van der Waals surface area contributed by atoms with E-state index < -0.39 is 22.7 Å². The van der Waals surface area contributed by atoms with Crippen molar-refractivity contribution in [3.8, 4) is 17.5 Å². The van der Waals surface area contributed by atoms with Crippen molar-refractivity contribution in [1.82, 2.24) is 19.1 Å². The van der Waals surface area contributed by atoms with Gasteiger partial charge < -0.3 is 19.8 Å². The summed E-state index contributed by atoms with van der Waals surface area (Å²) in [7, 11) is 0. The van der Waals surface area contributed by atoms with Crippen LogP contribution in [0.25, 0.3) is 0 Å². The number of fused-ring (bicyclic) bond motifs is 1. The molecular formula is C24H25F3N4O5. The lowest BCUT2D eigenvalue weighted by Crippen LogP contribution is -2.57. The highest BCUT2D eigenvalue weighted by Gasteiger charge is 2.43. The van der Waals surface area contributed by atoms with Gasteiger partial charge in [0.05, 0.1) is 13.1 Å². The second-order valence-electron chi connectivity index (χ2n) is 8.26. The third kappa shape index (κ3) is 5.45. The van der Waals surface area contributed by atoms with Crippen LogP contribution in [0.3, 0.4) is 0 Å². The number of ether oxygens (including phenoxy) is 2. The number of carbonyl (C=O) groups excluding carboxylic acids is 1. The van der Waals surface area contributed by atoms with Crippen molar-refractivity contribution in [3.05, 3.63) is 71.1 Å². The Morgan fingerprint density at radius 3 is 2.53 bits per heavy atom. The Balaban J connectivity index is 1.79. The summed E-state index contributed by atoms with van der Waals surface area (Å²) in [6.07, 6.45) is -4.58. The summed E-state index contributed by atoms with van der Waals surface area (Å²) < 4.78 is 48.4. The van der Waals surface area contributed by atoms with Gasteiger partial charge in [-0.2, -0.15) is 0 Å². The number of hydrogen-bond donors (Lipinski definition) is 1. The third-order valence-corrected chi connectivity index (χ3v) is 5.72. The first-order valence-electron chi connectivity index (χ1n) is 11.3. The molecule has 192 valence electrons. The lowest BCUT2D eigenvalue weighted by Gasteiger charge is -2.45. The van der Waals surface area contributed by atoms with Gasteiger partial charge in [0, 0.05) is 19.2 Å². The minimum Gasteiger partial charge on any atom is -0.625 e. The number of amides is 1. The molecule has 0 aliphatic carbocycles. The van der Waals surface area contributed by atoms with E-state index in [1.165, 1.54) is 21.6 Å². The molecule has 2 aromatic carbocycles. The first kappa shape index (κ1) is 25.5. The topological polar surface area (TPSA) is 99.9 Å². The molecule has 9 nitrogen and oxygen atoms in total. The maximum atomic E-state index is 13.7. The number of hydroxylamine groups is 2. The molecule has 1 aliphatic heterocycles. The van der Waals surface area contributed by atoms with Crippen LogP contribution in [-0.2, 0) is 6.54 Å². The number of imidazole rings is 1. The number of benzene rings is 2. The lowest BCUT2D eigenvalue weighted by atomic mass is 10.2. The maximum absolute atomic E-state index is 13.7. The molecule has 1 aromatic heterocycles. The Kier molecular flexibility index (Phi) is 7.20. The molecular weight excluding hydrogens is 481 g/mol. The quantitative estimate of drug-likeness (QED) is 0.344. The SMILES string of the molecule is CC[N+]1([O-])CN(CCCO)C(=O)c2c1nc(Oc1cccc(OC(F)(F)F)c1)n2Cc1ccccc1. The fourth-order valence-electron chi connectivity index (χ4n) is 3.99. The Morgan fingerprint density at radius 2 is 1.86 bits per heavy atom. The zero-order valence-electron chi connectivity index (χ0n) is 19.4. The Bertz CT molecular complexity index is 1220. The van der Waals surface area contributed by atoms with Crippen LogP contribution in [0, 0.1) is 5.21 Å². The molecule has 36 heavy (non-hydrogen) atoms. The molecule has 0 spiro atoms. The van der Waals surface area contributed by atoms with Gasteiger partial charge in [-0.05, 0) is 31.0 Å². The smallest absolute Gasteiger partial charge is 0.573 e. The van der Waals surface area contributed by atoms with E-state index in [2.05, 4.69) is 9.72 Å². The predicted octanol–water partition coefficient (Wildman–Crippen LogP) is 4.24. The minimum atomic E-state index is -4.88. The predicted molar refractivity (Wildman–Crippen MR) is 124 cm³/mol. The molecule has 1 N–H and O–H groups in total. The maximum Gasteiger partial charge on any atom is 0.573 e. The zero-order chi connectivity index (χ0) is 25.9. The van der Waals surface area contributed by atoms with Gasteiger partial charge in [-0.1, -0.05) is 36.4 Å².